The van der Waals surface area contributed by atoms with Crippen LogP contribution in [0, 0.1) is 5.95 Å². The van der Waals surface area contributed by atoms with E-state index in [0.717, 1.165) is 18.8 Å². The fourth-order valence-electron chi connectivity index (χ4n) is 3.30. The van der Waals surface area contributed by atoms with Gasteiger partial charge in [-0.1, -0.05) is 0 Å². The Bertz CT molecular complexity index is 1000. The van der Waals surface area contributed by atoms with Crippen LogP contribution in [0.5, 0.6) is 0 Å². The van der Waals surface area contributed by atoms with Crippen LogP contribution in [0.25, 0.3) is 0 Å². The Balaban J connectivity index is 1.34. The van der Waals surface area contributed by atoms with E-state index in [1.165, 1.54) is 19.4 Å². The fourth-order valence-corrected chi connectivity index (χ4v) is 3.30. The number of rotatable bonds is 6. The van der Waals surface area contributed by atoms with Gasteiger partial charge in [0.1, 0.15) is 17.8 Å². The van der Waals surface area contributed by atoms with E-state index in [0.29, 0.717) is 37.1 Å². The van der Waals surface area contributed by atoms with Crippen molar-refractivity contribution in [2.24, 2.45) is 0 Å². The third-order valence-corrected chi connectivity index (χ3v) is 4.86. The lowest BCUT2D eigenvalue weighted by Gasteiger charge is -2.35. The van der Waals surface area contributed by atoms with Crippen molar-refractivity contribution in [1.82, 2.24) is 35.1 Å². The molecule has 0 atom stereocenters. The Morgan fingerprint density at radius 3 is 2.73 bits per heavy atom. The number of halogens is 1. The summed E-state index contributed by atoms with van der Waals surface area (Å²) >= 11 is 0. The van der Waals surface area contributed by atoms with Crippen LogP contribution in [0.3, 0.4) is 0 Å². The highest BCUT2D eigenvalue weighted by atomic mass is 19.1. The molecule has 1 amide bonds. The van der Waals surface area contributed by atoms with Crippen LogP contribution in [0.2, 0.25) is 0 Å². The van der Waals surface area contributed by atoms with Gasteiger partial charge in [0.15, 0.2) is 0 Å². The second-order valence-electron chi connectivity index (χ2n) is 6.81. The van der Waals surface area contributed by atoms with E-state index in [1.807, 2.05) is 11.0 Å². The molecule has 30 heavy (non-hydrogen) atoms. The zero-order valence-corrected chi connectivity index (χ0v) is 16.5. The highest BCUT2D eigenvalue weighted by Crippen LogP contribution is 2.21. The molecule has 4 rings (SSSR count). The van der Waals surface area contributed by atoms with Gasteiger partial charge >= 0.3 is 0 Å². The first-order chi connectivity index (χ1) is 14.6. The molecule has 1 aliphatic heterocycles. The van der Waals surface area contributed by atoms with Gasteiger partial charge in [0, 0.05) is 58.2 Å². The lowest BCUT2D eigenvalue weighted by Crippen LogP contribution is -2.46. The van der Waals surface area contributed by atoms with Crippen LogP contribution in [-0.2, 0) is 6.54 Å². The Kier molecular flexibility index (Phi) is 5.80. The van der Waals surface area contributed by atoms with Gasteiger partial charge < -0.3 is 20.5 Å². The molecule has 1 fully saturated rings. The van der Waals surface area contributed by atoms with Gasteiger partial charge in [-0.25, -0.2) is 19.9 Å². The summed E-state index contributed by atoms with van der Waals surface area (Å²) < 4.78 is 14.4. The molecule has 0 bridgehead atoms. The molecule has 0 aliphatic carbocycles. The molecule has 10 nitrogen and oxygen atoms in total. The summed E-state index contributed by atoms with van der Waals surface area (Å²) in [6.45, 7) is 3.48. The Labute approximate surface area is 172 Å². The van der Waals surface area contributed by atoms with Gasteiger partial charge in [-0.05, 0) is 12.1 Å². The molecule has 1 saturated heterocycles. The van der Waals surface area contributed by atoms with Crippen LogP contribution >= 0.6 is 0 Å². The van der Waals surface area contributed by atoms with Crippen molar-refractivity contribution < 1.29 is 9.18 Å². The van der Waals surface area contributed by atoms with Crippen LogP contribution in [0.15, 0.2) is 36.9 Å². The number of aromatic amines is 1. The Morgan fingerprint density at radius 1 is 1.20 bits per heavy atom. The molecule has 0 unspecified atom stereocenters. The molecule has 0 spiro atoms. The van der Waals surface area contributed by atoms with Gasteiger partial charge in [0.2, 0.25) is 11.9 Å². The first kappa shape index (κ1) is 19.7. The first-order valence-corrected chi connectivity index (χ1v) is 9.55. The highest BCUT2D eigenvalue weighted by molar-refractivity contribution is 5.92. The summed E-state index contributed by atoms with van der Waals surface area (Å²) in [5.41, 5.74) is 1.37. The minimum Gasteiger partial charge on any atom is -0.365 e. The van der Waals surface area contributed by atoms with Gasteiger partial charge in [-0.2, -0.15) is 4.39 Å². The predicted octanol–water partition coefficient (Wildman–Crippen LogP) is 1.16. The van der Waals surface area contributed by atoms with Gasteiger partial charge in [0.25, 0.3) is 5.91 Å². The zero-order chi connectivity index (χ0) is 20.9. The fraction of sp³-hybridized carbons (Fsp3) is 0.316. The van der Waals surface area contributed by atoms with E-state index in [9.17, 15) is 9.18 Å². The number of aromatic nitrogens is 5. The summed E-state index contributed by atoms with van der Waals surface area (Å²) in [5.74, 6) is 0.245. The van der Waals surface area contributed by atoms with E-state index in [1.54, 1.807) is 18.5 Å². The zero-order valence-electron chi connectivity index (χ0n) is 16.5. The molecular formula is C19H22FN9O. The van der Waals surface area contributed by atoms with Crippen LogP contribution in [-0.4, -0.2) is 69.0 Å². The van der Waals surface area contributed by atoms with Crippen molar-refractivity contribution in [2.75, 3.05) is 43.4 Å². The van der Waals surface area contributed by atoms with Gasteiger partial charge in [-0.3, -0.25) is 9.69 Å². The molecule has 3 aromatic rings. The highest BCUT2D eigenvalue weighted by Gasteiger charge is 2.21. The number of anilines is 3. The van der Waals surface area contributed by atoms with Crippen LogP contribution in [0.1, 0.15) is 16.2 Å². The van der Waals surface area contributed by atoms with E-state index in [4.69, 9.17) is 0 Å². The summed E-state index contributed by atoms with van der Waals surface area (Å²) in [5, 5.41) is 5.54. The van der Waals surface area contributed by atoms with Crippen molar-refractivity contribution in [3.05, 3.63) is 54.3 Å². The number of hydrogen-bond acceptors (Lipinski definition) is 8. The topological polar surface area (TPSA) is 115 Å². The number of pyridine rings is 1. The smallest absolute Gasteiger partial charge is 0.269 e. The maximum Gasteiger partial charge on any atom is 0.269 e. The van der Waals surface area contributed by atoms with Crippen molar-refractivity contribution in [3.63, 3.8) is 0 Å². The lowest BCUT2D eigenvalue weighted by molar-refractivity contribution is 0.0957. The number of carbonyl (C=O) groups excluding carboxylic acids is 1. The summed E-state index contributed by atoms with van der Waals surface area (Å²) in [4.78, 5) is 35.2. The van der Waals surface area contributed by atoms with Crippen LogP contribution < -0.4 is 15.5 Å². The number of carbonyl (C=O) groups is 1. The number of nitrogens with zero attached hydrogens (tertiary/aromatic N) is 6. The Morgan fingerprint density at radius 2 is 2.03 bits per heavy atom. The van der Waals surface area contributed by atoms with E-state index in [-0.39, 0.29) is 5.69 Å². The molecule has 11 heteroatoms. The minimum atomic E-state index is -0.631. The molecule has 156 valence electrons. The summed E-state index contributed by atoms with van der Waals surface area (Å²) in [7, 11) is 1.49. The summed E-state index contributed by atoms with van der Waals surface area (Å²) in [6.07, 6.45) is 4.91. The van der Waals surface area contributed by atoms with E-state index in [2.05, 4.69) is 40.5 Å². The van der Waals surface area contributed by atoms with Crippen LogP contribution in [0.4, 0.5) is 21.8 Å². The molecule has 0 radical (unpaired) electrons. The average molecular weight is 411 g/mol. The van der Waals surface area contributed by atoms with Gasteiger partial charge in [0.05, 0.1) is 11.4 Å². The molecular weight excluding hydrogens is 389 g/mol. The third-order valence-electron chi connectivity index (χ3n) is 4.86. The standard InChI is InChI=1S/C19H22FN9O/c1-21-18(30)14-2-3-15(17(20)26-14)29-8-6-28(7-9-29)11-13-10-16(25-12-24-13)27-19-22-4-5-23-19/h2-5,10,12H,6-9,11H2,1H3,(H,21,30)(H2,22,23,24,25,27). The number of amides is 1. The molecule has 1 aliphatic rings. The number of hydrogen-bond donors (Lipinski definition) is 3. The maximum absolute atomic E-state index is 14.4. The molecule has 3 N–H and O–H groups in total. The van der Waals surface area contributed by atoms with Crippen molar-refractivity contribution >= 4 is 23.4 Å². The predicted molar refractivity (Wildman–Crippen MR) is 109 cm³/mol. The number of piperazine rings is 1. The van der Waals surface area contributed by atoms with Crippen molar-refractivity contribution in [1.29, 1.82) is 0 Å². The van der Waals surface area contributed by atoms with E-state index >= 15 is 0 Å². The monoisotopic (exact) mass is 411 g/mol. The van der Waals surface area contributed by atoms with E-state index < -0.39 is 11.9 Å². The van der Waals surface area contributed by atoms with Crippen molar-refractivity contribution in [3.8, 4) is 0 Å². The SMILES string of the molecule is CNC(=O)c1ccc(N2CCN(Cc3cc(Nc4ncc[nH]4)ncn3)CC2)c(F)n1. The lowest BCUT2D eigenvalue weighted by atomic mass is 10.2. The second kappa shape index (κ2) is 8.82. The number of imidazole rings is 1. The number of nitrogens with one attached hydrogen (secondary N) is 3. The van der Waals surface area contributed by atoms with Crippen molar-refractivity contribution in [2.45, 2.75) is 6.54 Å². The number of H-pyrrole nitrogens is 1. The Hall–Kier alpha value is -3.60. The normalized spacial score (nSPS) is 14.5. The average Bonchev–Trinajstić information content (AvgIpc) is 3.27. The maximum atomic E-state index is 14.4. The second-order valence-corrected chi connectivity index (χ2v) is 6.81. The molecule has 3 aromatic heterocycles. The minimum absolute atomic E-state index is 0.0695. The first-order valence-electron chi connectivity index (χ1n) is 9.55. The quantitative estimate of drug-likeness (QED) is 0.518. The third kappa shape index (κ3) is 4.51. The van der Waals surface area contributed by atoms with Gasteiger partial charge in [-0.15, -0.1) is 0 Å². The largest absolute Gasteiger partial charge is 0.365 e. The molecule has 4 heterocycles. The molecule has 0 saturated carbocycles. The molecule has 0 aromatic carbocycles. The summed E-state index contributed by atoms with van der Waals surface area (Å²) in [6, 6.07) is 5.04.